The first-order valence-electron chi connectivity index (χ1n) is 20.8. The van der Waals surface area contributed by atoms with Crippen LogP contribution in [0.1, 0.15) is 67.9 Å². The van der Waals surface area contributed by atoms with E-state index in [1.54, 1.807) is 20.8 Å². The van der Waals surface area contributed by atoms with Crippen molar-refractivity contribution in [3.8, 4) is 5.75 Å². The van der Waals surface area contributed by atoms with E-state index in [1.165, 1.54) is 7.11 Å². The lowest BCUT2D eigenvalue weighted by molar-refractivity contribution is -0.146. The van der Waals surface area contributed by atoms with E-state index < -0.39 is 52.3 Å². The fourth-order valence-electron chi connectivity index (χ4n) is 7.97. The quantitative estimate of drug-likeness (QED) is 0.0841. The molecule has 0 spiro atoms. The van der Waals surface area contributed by atoms with Gasteiger partial charge in [0.15, 0.2) is 0 Å². The van der Waals surface area contributed by atoms with Crippen molar-refractivity contribution >= 4 is 55.4 Å². The van der Waals surface area contributed by atoms with Gasteiger partial charge in [-0.2, -0.15) is 0 Å². The zero-order chi connectivity index (χ0) is 44.5. The molecular weight excluding hydrogens is 797 g/mol. The first kappa shape index (κ1) is 46.6. The first-order chi connectivity index (χ1) is 28.8. The lowest BCUT2D eigenvalue weighted by atomic mass is 10.0. The van der Waals surface area contributed by atoms with Crippen molar-refractivity contribution in [2.45, 2.75) is 96.5 Å². The van der Waals surface area contributed by atoms with Crippen LogP contribution in [0.5, 0.6) is 5.75 Å². The van der Waals surface area contributed by atoms with Crippen LogP contribution in [-0.2, 0) is 29.9 Å². The highest BCUT2D eigenvalue weighted by Crippen LogP contribution is 2.38. The highest BCUT2D eigenvalue weighted by molar-refractivity contribution is 7.00. The molecule has 2 N–H and O–H groups in total. The van der Waals surface area contributed by atoms with E-state index in [0.717, 1.165) is 26.3 Å². The monoisotopic (exact) mass is 858 g/mol. The molecule has 61 heavy (non-hydrogen) atoms. The molecule has 0 saturated carbocycles. The van der Waals surface area contributed by atoms with Crippen molar-refractivity contribution in [2.75, 3.05) is 13.7 Å². The number of methoxy groups -OCH3 is 1. The highest BCUT2D eigenvalue weighted by atomic mass is 28.4. The van der Waals surface area contributed by atoms with Crippen molar-refractivity contribution < 1.29 is 32.7 Å². The van der Waals surface area contributed by atoms with Crippen LogP contribution < -0.4 is 35.8 Å². The normalized spacial score (nSPS) is 13.3. The van der Waals surface area contributed by atoms with Crippen LogP contribution in [0.25, 0.3) is 0 Å². The lowest BCUT2D eigenvalue weighted by Gasteiger charge is -2.43. The Labute approximate surface area is 364 Å². The van der Waals surface area contributed by atoms with Gasteiger partial charge in [0, 0.05) is 6.42 Å². The Balaban J connectivity index is 1.45. The van der Waals surface area contributed by atoms with Crippen LogP contribution >= 0.6 is 0 Å². The Kier molecular flexibility index (Phi) is 14.9. The van der Waals surface area contributed by atoms with E-state index in [9.17, 15) is 14.4 Å². The molecule has 5 aromatic carbocycles. The average Bonchev–Trinajstić information content (AvgIpc) is 3.22. The Morgan fingerprint density at radius 1 is 0.541 bits per heavy atom. The number of alkyl carbamates (subject to hydrolysis) is 1. The minimum atomic E-state index is -3.10. The van der Waals surface area contributed by atoms with Crippen LogP contribution in [0.4, 0.5) is 4.79 Å². The number of nitrogens with one attached hydrogen (secondary N) is 2. The number of carbonyl (C=O) groups excluding carboxylic acids is 3. The molecule has 5 rings (SSSR count). The van der Waals surface area contributed by atoms with Gasteiger partial charge in [0.25, 0.3) is 8.32 Å². The lowest BCUT2D eigenvalue weighted by Crippen LogP contribution is -2.68. The molecule has 0 aromatic heterocycles. The van der Waals surface area contributed by atoms with Gasteiger partial charge in [-0.1, -0.05) is 175 Å². The Hall–Kier alpha value is -5.50. The zero-order valence-corrected chi connectivity index (χ0v) is 39.3. The number of amides is 2. The van der Waals surface area contributed by atoms with Gasteiger partial charge >= 0.3 is 20.4 Å². The number of rotatable bonds is 15. The fourth-order valence-corrected chi connectivity index (χ4v) is 17.0. The fraction of sp³-hybridized carbons (Fsp3) is 0.340. The van der Waals surface area contributed by atoms with Gasteiger partial charge in [-0.15, -0.1) is 0 Å². The largest absolute Gasteiger partial charge is 0.534 e. The van der Waals surface area contributed by atoms with Crippen molar-refractivity contribution in [1.82, 2.24) is 10.6 Å². The number of carbonyl (C=O) groups is 3. The first-order valence-corrected chi connectivity index (χ1v) is 24.6. The Bertz CT molecular complexity index is 2110. The van der Waals surface area contributed by atoms with Gasteiger partial charge in [0.1, 0.15) is 23.4 Å². The summed E-state index contributed by atoms with van der Waals surface area (Å²) in [6.45, 7) is 18.2. The minimum absolute atomic E-state index is 0.0913. The summed E-state index contributed by atoms with van der Waals surface area (Å²) in [5, 5.41) is 9.36. The van der Waals surface area contributed by atoms with Crippen LogP contribution in [0.2, 0.25) is 10.1 Å². The molecule has 0 aliphatic rings. The van der Waals surface area contributed by atoms with Gasteiger partial charge in [-0.3, -0.25) is 4.79 Å². The van der Waals surface area contributed by atoms with E-state index in [2.05, 4.69) is 101 Å². The molecule has 11 heteroatoms. The van der Waals surface area contributed by atoms with Crippen LogP contribution in [0.3, 0.4) is 0 Å². The van der Waals surface area contributed by atoms with Crippen molar-refractivity contribution in [3.05, 3.63) is 151 Å². The van der Waals surface area contributed by atoms with Gasteiger partial charge in [-0.25, -0.2) is 9.59 Å². The summed E-state index contributed by atoms with van der Waals surface area (Å²) in [6, 6.07) is 46.2. The summed E-state index contributed by atoms with van der Waals surface area (Å²) < 4.78 is 25.1. The third-order valence-electron chi connectivity index (χ3n) is 10.7. The molecule has 0 aliphatic carbocycles. The van der Waals surface area contributed by atoms with Gasteiger partial charge in [-0.05, 0) is 69.3 Å². The number of ether oxygens (including phenoxy) is 2. The topological polar surface area (TPSA) is 112 Å². The van der Waals surface area contributed by atoms with E-state index in [4.69, 9.17) is 18.3 Å². The molecule has 0 unspecified atom stereocenters. The minimum Gasteiger partial charge on any atom is -0.534 e. The molecule has 0 heterocycles. The standard InChI is InChI=1S/C50H62N2O7Si2/c1-48(2,3)58-47(55)52-43(35-37-31-33-38(34-32-37)59-61(50(7,8)9,41-27-19-13-20-28-41)42-29-21-14-22-30-42)45(53)51-44(46(54)56-10)36-57-60(49(4,5)6,39-23-15-11-16-24-39)40-25-17-12-18-26-40/h11-34,43-44H,35-36H2,1-10H3,(H,51,53)(H,52,55)/t43-,44-/m0/s1. The number of esters is 1. The summed E-state index contributed by atoms with van der Waals surface area (Å²) in [6.07, 6.45) is -0.675. The Morgan fingerprint density at radius 2 is 0.951 bits per heavy atom. The van der Waals surface area contributed by atoms with Gasteiger partial charge in [0.2, 0.25) is 5.91 Å². The summed E-state index contributed by atoms with van der Waals surface area (Å²) >= 11 is 0. The van der Waals surface area contributed by atoms with E-state index in [0.29, 0.717) is 5.75 Å². The summed E-state index contributed by atoms with van der Waals surface area (Å²) in [4.78, 5) is 41.1. The molecule has 0 fully saturated rings. The molecule has 0 radical (unpaired) electrons. The second-order valence-electron chi connectivity index (χ2n) is 18.4. The molecule has 0 aliphatic heterocycles. The number of hydrogen-bond donors (Lipinski definition) is 2. The van der Waals surface area contributed by atoms with Crippen molar-refractivity contribution in [3.63, 3.8) is 0 Å². The zero-order valence-electron chi connectivity index (χ0n) is 37.3. The molecule has 2 atom stereocenters. The van der Waals surface area contributed by atoms with Crippen LogP contribution in [0.15, 0.2) is 146 Å². The second kappa shape index (κ2) is 19.5. The van der Waals surface area contributed by atoms with Gasteiger partial charge < -0.3 is 29.0 Å². The molecular formula is C50H62N2O7Si2. The molecule has 0 bridgehead atoms. The predicted octanol–water partition coefficient (Wildman–Crippen LogP) is 7.30. The van der Waals surface area contributed by atoms with Gasteiger partial charge in [0.05, 0.1) is 13.7 Å². The number of benzene rings is 5. The average molecular weight is 859 g/mol. The maximum absolute atomic E-state index is 14.4. The predicted molar refractivity (Wildman–Crippen MR) is 249 cm³/mol. The molecule has 2 amide bonds. The maximum Gasteiger partial charge on any atom is 0.408 e. The van der Waals surface area contributed by atoms with Crippen LogP contribution in [-0.4, -0.2) is 66.0 Å². The molecule has 0 saturated heterocycles. The van der Waals surface area contributed by atoms with E-state index in [-0.39, 0.29) is 23.1 Å². The second-order valence-corrected chi connectivity index (χ2v) is 26.9. The van der Waals surface area contributed by atoms with E-state index >= 15 is 0 Å². The number of hydrogen-bond acceptors (Lipinski definition) is 7. The van der Waals surface area contributed by atoms with Crippen molar-refractivity contribution in [2.24, 2.45) is 0 Å². The van der Waals surface area contributed by atoms with Crippen molar-refractivity contribution in [1.29, 1.82) is 0 Å². The summed E-state index contributed by atoms with van der Waals surface area (Å²) in [5.74, 6) is -0.586. The summed E-state index contributed by atoms with van der Waals surface area (Å²) in [5.41, 5.74) is -0.0624. The SMILES string of the molecule is COC(=O)[C@H](CO[Si](c1ccccc1)(c1ccccc1)C(C)(C)C)NC(=O)[C@H](Cc1ccc(O[Si](c2ccccc2)(c2ccccc2)C(C)(C)C)cc1)NC(=O)OC(C)(C)C. The third-order valence-corrected chi connectivity index (χ3v) is 20.7. The Morgan fingerprint density at radius 3 is 1.33 bits per heavy atom. The molecule has 322 valence electrons. The highest BCUT2D eigenvalue weighted by Gasteiger charge is 2.53. The third kappa shape index (κ3) is 11.1. The summed E-state index contributed by atoms with van der Waals surface area (Å²) in [7, 11) is -4.73. The molecule has 5 aromatic rings. The molecule has 9 nitrogen and oxygen atoms in total. The smallest absolute Gasteiger partial charge is 0.408 e. The van der Waals surface area contributed by atoms with E-state index in [1.807, 2.05) is 97.1 Å². The van der Waals surface area contributed by atoms with Crippen LogP contribution in [0, 0.1) is 0 Å². The maximum atomic E-state index is 14.4.